The Kier molecular flexibility index (Phi) is 4.37. The lowest BCUT2D eigenvalue weighted by molar-refractivity contribution is -0.117. The van der Waals surface area contributed by atoms with Crippen LogP contribution in [0.25, 0.3) is 0 Å². The van der Waals surface area contributed by atoms with Gasteiger partial charge in [-0.2, -0.15) is 0 Å². The van der Waals surface area contributed by atoms with Gasteiger partial charge in [-0.1, -0.05) is 35.9 Å². The number of carbonyl (C=O) groups excluding carboxylic acids is 1. The lowest BCUT2D eigenvalue weighted by atomic mass is 10.1. The number of carbonyl (C=O) groups is 1. The molecule has 1 aromatic rings. The minimum atomic E-state index is -0.107. The van der Waals surface area contributed by atoms with Gasteiger partial charge in [-0.3, -0.25) is 4.79 Å². The smallest absolute Gasteiger partial charge is 0.244 e. The van der Waals surface area contributed by atoms with Gasteiger partial charge in [0.2, 0.25) is 5.91 Å². The van der Waals surface area contributed by atoms with Crippen LogP contribution in [0.2, 0.25) is 5.02 Å². The summed E-state index contributed by atoms with van der Waals surface area (Å²) >= 11 is 6.01. The highest BCUT2D eigenvalue weighted by Gasteiger charge is 2.09. The van der Waals surface area contributed by atoms with Crippen molar-refractivity contribution >= 4 is 17.5 Å². The molecule has 1 atom stereocenters. The highest BCUT2D eigenvalue weighted by atomic mass is 35.5. The number of rotatable bonds is 3. The lowest BCUT2D eigenvalue weighted by Crippen LogP contribution is -2.24. The van der Waals surface area contributed by atoms with E-state index >= 15 is 0 Å². The van der Waals surface area contributed by atoms with E-state index in [4.69, 9.17) is 11.6 Å². The molecule has 0 aromatic heterocycles. The standard InChI is InChI=1S/C12H14ClNO/c1-3-6-12(15)14-9(2)10-7-4-5-8-11(10)13/h3-9H,1-2H3,(H,14,15). The van der Waals surface area contributed by atoms with Crippen molar-refractivity contribution in [1.82, 2.24) is 5.32 Å². The largest absolute Gasteiger partial charge is 0.346 e. The quantitative estimate of drug-likeness (QED) is 0.784. The molecule has 0 aliphatic rings. The Balaban J connectivity index is 2.73. The predicted molar refractivity (Wildman–Crippen MR) is 62.8 cm³/mol. The minimum Gasteiger partial charge on any atom is -0.346 e. The van der Waals surface area contributed by atoms with Crippen molar-refractivity contribution in [1.29, 1.82) is 0 Å². The van der Waals surface area contributed by atoms with Crippen molar-refractivity contribution in [3.05, 3.63) is 47.0 Å². The fourth-order valence-electron chi connectivity index (χ4n) is 1.32. The number of hydrogen-bond acceptors (Lipinski definition) is 1. The molecule has 0 aliphatic heterocycles. The Bertz CT molecular complexity index is 374. The molecule has 80 valence electrons. The average molecular weight is 224 g/mol. The summed E-state index contributed by atoms with van der Waals surface area (Å²) < 4.78 is 0. The van der Waals surface area contributed by atoms with E-state index in [9.17, 15) is 4.79 Å². The monoisotopic (exact) mass is 223 g/mol. The number of allylic oxidation sites excluding steroid dienone is 1. The molecule has 15 heavy (non-hydrogen) atoms. The molecule has 0 saturated carbocycles. The summed E-state index contributed by atoms with van der Waals surface area (Å²) in [5.74, 6) is -0.107. The fraction of sp³-hybridized carbons (Fsp3) is 0.250. The third-order valence-electron chi connectivity index (χ3n) is 2.05. The summed E-state index contributed by atoms with van der Waals surface area (Å²) in [6.45, 7) is 3.71. The first-order valence-corrected chi connectivity index (χ1v) is 5.20. The molecule has 3 heteroatoms. The topological polar surface area (TPSA) is 29.1 Å². The summed E-state index contributed by atoms with van der Waals surface area (Å²) in [6.07, 6.45) is 3.20. The number of halogens is 1. The summed E-state index contributed by atoms with van der Waals surface area (Å²) in [6, 6.07) is 7.41. The van der Waals surface area contributed by atoms with Crippen molar-refractivity contribution in [2.75, 3.05) is 0 Å². The van der Waals surface area contributed by atoms with E-state index in [-0.39, 0.29) is 11.9 Å². The van der Waals surface area contributed by atoms with E-state index in [2.05, 4.69) is 5.32 Å². The Morgan fingerprint density at radius 2 is 2.13 bits per heavy atom. The van der Waals surface area contributed by atoms with Crippen molar-refractivity contribution < 1.29 is 4.79 Å². The van der Waals surface area contributed by atoms with Crippen LogP contribution in [-0.4, -0.2) is 5.91 Å². The van der Waals surface area contributed by atoms with Gasteiger partial charge < -0.3 is 5.32 Å². The highest BCUT2D eigenvalue weighted by Crippen LogP contribution is 2.21. The third-order valence-corrected chi connectivity index (χ3v) is 2.39. The Morgan fingerprint density at radius 3 is 2.73 bits per heavy atom. The van der Waals surface area contributed by atoms with Gasteiger partial charge in [0.1, 0.15) is 0 Å². The molecule has 0 spiro atoms. The second-order valence-corrected chi connectivity index (χ2v) is 3.66. The van der Waals surface area contributed by atoms with Crippen LogP contribution in [0.5, 0.6) is 0 Å². The molecule has 0 radical (unpaired) electrons. The van der Waals surface area contributed by atoms with Crippen LogP contribution in [-0.2, 0) is 4.79 Å². The molecule has 1 amide bonds. The summed E-state index contributed by atoms with van der Waals surface area (Å²) in [5.41, 5.74) is 0.928. The lowest BCUT2D eigenvalue weighted by Gasteiger charge is -2.14. The van der Waals surface area contributed by atoms with Crippen molar-refractivity contribution in [3.8, 4) is 0 Å². The number of amides is 1. The Labute approximate surface area is 94.9 Å². The average Bonchev–Trinajstić information content (AvgIpc) is 2.18. The predicted octanol–water partition coefficient (Wildman–Crippen LogP) is 3.09. The molecule has 1 rings (SSSR count). The molecule has 0 fully saturated rings. The van der Waals surface area contributed by atoms with E-state index in [1.807, 2.05) is 31.2 Å². The maximum Gasteiger partial charge on any atom is 0.244 e. The van der Waals surface area contributed by atoms with Crippen LogP contribution in [0.3, 0.4) is 0 Å². The van der Waals surface area contributed by atoms with E-state index in [1.165, 1.54) is 6.08 Å². The van der Waals surface area contributed by atoms with Crippen LogP contribution in [0, 0.1) is 0 Å². The number of nitrogens with one attached hydrogen (secondary N) is 1. The molecular formula is C12H14ClNO. The first-order valence-electron chi connectivity index (χ1n) is 4.82. The molecule has 1 unspecified atom stereocenters. The SMILES string of the molecule is CC=CC(=O)NC(C)c1ccccc1Cl. The molecule has 1 aromatic carbocycles. The molecule has 2 nitrogen and oxygen atoms in total. The van der Waals surface area contributed by atoms with E-state index in [1.54, 1.807) is 13.0 Å². The fourth-order valence-corrected chi connectivity index (χ4v) is 1.62. The summed E-state index contributed by atoms with van der Waals surface area (Å²) in [4.78, 5) is 11.3. The molecule has 0 heterocycles. The van der Waals surface area contributed by atoms with Crippen molar-refractivity contribution in [2.45, 2.75) is 19.9 Å². The van der Waals surface area contributed by atoms with Gasteiger partial charge in [0, 0.05) is 5.02 Å². The van der Waals surface area contributed by atoms with Gasteiger partial charge in [0.05, 0.1) is 6.04 Å². The molecule has 0 aliphatic carbocycles. The Morgan fingerprint density at radius 1 is 1.47 bits per heavy atom. The van der Waals surface area contributed by atoms with Crippen LogP contribution in [0.4, 0.5) is 0 Å². The highest BCUT2D eigenvalue weighted by molar-refractivity contribution is 6.31. The van der Waals surface area contributed by atoms with Crippen molar-refractivity contribution in [3.63, 3.8) is 0 Å². The number of benzene rings is 1. The van der Waals surface area contributed by atoms with Crippen LogP contribution in [0.1, 0.15) is 25.5 Å². The van der Waals surface area contributed by atoms with Gasteiger partial charge in [-0.15, -0.1) is 0 Å². The minimum absolute atomic E-state index is 0.0811. The maximum atomic E-state index is 11.3. The normalized spacial score (nSPS) is 12.7. The zero-order valence-corrected chi connectivity index (χ0v) is 9.58. The van der Waals surface area contributed by atoms with Crippen LogP contribution >= 0.6 is 11.6 Å². The molecule has 0 saturated heterocycles. The third kappa shape index (κ3) is 3.40. The van der Waals surface area contributed by atoms with Gasteiger partial charge in [-0.25, -0.2) is 0 Å². The summed E-state index contributed by atoms with van der Waals surface area (Å²) in [7, 11) is 0. The zero-order chi connectivity index (χ0) is 11.3. The molecule has 0 bridgehead atoms. The first-order chi connectivity index (χ1) is 7.15. The van der Waals surface area contributed by atoms with Crippen LogP contribution < -0.4 is 5.32 Å². The second-order valence-electron chi connectivity index (χ2n) is 3.25. The van der Waals surface area contributed by atoms with Crippen LogP contribution in [0.15, 0.2) is 36.4 Å². The molecular weight excluding hydrogens is 210 g/mol. The second kappa shape index (κ2) is 5.56. The first kappa shape index (κ1) is 11.8. The van der Waals surface area contributed by atoms with Gasteiger partial charge >= 0.3 is 0 Å². The summed E-state index contributed by atoms with van der Waals surface area (Å²) in [5, 5.41) is 3.50. The van der Waals surface area contributed by atoms with Crippen molar-refractivity contribution in [2.24, 2.45) is 0 Å². The Hall–Kier alpha value is -1.28. The van der Waals surface area contributed by atoms with Gasteiger partial charge in [-0.05, 0) is 31.6 Å². The van der Waals surface area contributed by atoms with E-state index < -0.39 is 0 Å². The van der Waals surface area contributed by atoms with E-state index in [0.717, 1.165) is 5.56 Å². The number of hydrogen-bond donors (Lipinski definition) is 1. The van der Waals surface area contributed by atoms with Gasteiger partial charge in [0.25, 0.3) is 0 Å². The zero-order valence-electron chi connectivity index (χ0n) is 8.83. The van der Waals surface area contributed by atoms with E-state index in [0.29, 0.717) is 5.02 Å². The molecule has 1 N–H and O–H groups in total. The van der Waals surface area contributed by atoms with Gasteiger partial charge in [0.15, 0.2) is 0 Å². The maximum absolute atomic E-state index is 11.3.